The summed E-state index contributed by atoms with van der Waals surface area (Å²) in [6.45, 7) is 11.5. The summed E-state index contributed by atoms with van der Waals surface area (Å²) >= 11 is 0. The maximum atomic E-state index is 6.43. The van der Waals surface area contributed by atoms with Crippen LogP contribution < -0.4 is 5.73 Å². The maximum Gasteiger partial charge on any atom is 0.0578 e. The molecule has 1 atom stereocenters. The molecule has 0 aliphatic rings. The van der Waals surface area contributed by atoms with E-state index in [0.29, 0.717) is 0 Å². The average Bonchev–Trinajstić information content (AvgIpc) is 2.62. The first-order valence-electron chi connectivity index (χ1n) is 8.58. The Labute approximate surface area is 146 Å². The zero-order valence-electron chi connectivity index (χ0n) is 14.6. The molecule has 0 aromatic heterocycles. The minimum atomic E-state index is 0.0631. The van der Waals surface area contributed by atoms with Gasteiger partial charge in [-0.2, -0.15) is 0 Å². The lowest BCUT2D eigenvalue weighted by molar-refractivity contribution is 0.171. The van der Waals surface area contributed by atoms with Crippen LogP contribution in [0.4, 0.5) is 0 Å². The smallest absolute Gasteiger partial charge is 0.0578 e. The van der Waals surface area contributed by atoms with Gasteiger partial charge in [0.25, 0.3) is 0 Å². The highest BCUT2D eigenvalue weighted by molar-refractivity contribution is 5.47. The molecule has 0 heterocycles. The quantitative estimate of drug-likeness (QED) is 0.654. The van der Waals surface area contributed by atoms with E-state index in [-0.39, 0.29) is 6.17 Å². The van der Waals surface area contributed by atoms with Gasteiger partial charge in [0.05, 0.1) is 6.17 Å². The molecule has 2 nitrogen and oxygen atoms in total. The molecule has 1 unspecified atom stereocenters. The largest absolute Gasteiger partial charge is 0.316 e. The monoisotopic (exact) mass is 320 g/mol. The lowest BCUT2D eigenvalue weighted by Gasteiger charge is -2.29. The highest BCUT2D eigenvalue weighted by atomic mass is 15.2. The molecule has 0 amide bonds. The molecule has 126 valence electrons. The molecule has 0 fully saturated rings. The molecule has 0 aliphatic heterocycles. The van der Waals surface area contributed by atoms with Crippen molar-refractivity contribution in [2.45, 2.75) is 39.0 Å². The van der Waals surface area contributed by atoms with E-state index in [1.165, 1.54) is 11.1 Å². The molecule has 2 aromatic rings. The Hall–Kier alpha value is -2.16. The highest BCUT2D eigenvalue weighted by Crippen LogP contribution is 2.16. The second kappa shape index (κ2) is 9.21. The topological polar surface area (TPSA) is 29.3 Å². The molecular weight excluding hydrogens is 292 g/mol. The van der Waals surface area contributed by atoms with Crippen LogP contribution in [0.1, 0.15) is 42.0 Å². The van der Waals surface area contributed by atoms with Crippen LogP contribution in [0.2, 0.25) is 0 Å². The van der Waals surface area contributed by atoms with Crippen LogP contribution in [-0.2, 0) is 13.1 Å². The molecule has 0 radical (unpaired) electrons. The number of hydrogen-bond donors (Lipinski definition) is 1. The van der Waals surface area contributed by atoms with Crippen molar-refractivity contribution in [1.29, 1.82) is 0 Å². The summed E-state index contributed by atoms with van der Waals surface area (Å²) in [5.41, 5.74) is 11.3. The summed E-state index contributed by atoms with van der Waals surface area (Å²) in [5.74, 6) is 0. The molecule has 2 N–H and O–H groups in total. The lowest BCUT2D eigenvalue weighted by Crippen LogP contribution is -2.40. The normalized spacial score (nSPS) is 12.1. The first kappa shape index (κ1) is 18.2. The molecular formula is C22H28N2. The van der Waals surface area contributed by atoms with Gasteiger partial charge in [-0.3, -0.25) is 4.90 Å². The molecule has 2 heteroatoms. The standard InChI is InChI=1S/C22H28N2/c1-4-7-22(23)24(16-20-12-8-18(5-2)9-13-20)17-21-14-10-19(6-3)11-15-21/h5-6,8-15,22H,2-4,7,16-17,23H2,1H3. The molecule has 0 spiro atoms. The Morgan fingerprint density at radius 1 is 0.875 bits per heavy atom. The van der Waals surface area contributed by atoms with Gasteiger partial charge in [-0.25, -0.2) is 0 Å². The Balaban J connectivity index is 2.13. The first-order chi connectivity index (χ1) is 11.7. The third-order valence-corrected chi connectivity index (χ3v) is 4.26. The van der Waals surface area contributed by atoms with Crippen molar-refractivity contribution < 1.29 is 0 Å². The van der Waals surface area contributed by atoms with Crippen LogP contribution in [0.15, 0.2) is 61.7 Å². The Kier molecular flexibility index (Phi) is 6.98. The molecule has 0 saturated heterocycles. The summed E-state index contributed by atoms with van der Waals surface area (Å²) in [7, 11) is 0. The number of benzene rings is 2. The predicted octanol–water partition coefficient (Wildman–Crippen LogP) is 5.06. The fraction of sp³-hybridized carbons (Fsp3) is 0.273. The number of hydrogen-bond acceptors (Lipinski definition) is 2. The van der Waals surface area contributed by atoms with Crippen LogP contribution >= 0.6 is 0 Å². The van der Waals surface area contributed by atoms with Crippen molar-refractivity contribution >= 4 is 12.2 Å². The summed E-state index contributed by atoms with van der Waals surface area (Å²) < 4.78 is 0. The number of nitrogens with zero attached hydrogens (tertiary/aromatic N) is 1. The van der Waals surface area contributed by atoms with E-state index in [0.717, 1.165) is 37.1 Å². The highest BCUT2D eigenvalue weighted by Gasteiger charge is 2.14. The second-order valence-electron chi connectivity index (χ2n) is 6.15. The number of nitrogens with two attached hydrogens (primary N) is 1. The van der Waals surface area contributed by atoms with Gasteiger partial charge in [0, 0.05) is 13.1 Å². The second-order valence-corrected chi connectivity index (χ2v) is 6.15. The van der Waals surface area contributed by atoms with Crippen molar-refractivity contribution in [3.8, 4) is 0 Å². The third-order valence-electron chi connectivity index (χ3n) is 4.26. The van der Waals surface area contributed by atoms with Crippen LogP contribution in [-0.4, -0.2) is 11.1 Å². The molecule has 0 aliphatic carbocycles. The van der Waals surface area contributed by atoms with Crippen molar-refractivity contribution in [3.63, 3.8) is 0 Å². The van der Waals surface area contributed by atoms with Crippen LogP contribution in [0.3, 0.4) is 0 Å². The summed E-state index contributed by atoms with van der Waals surface area (Å²) in [6.07, 6.45) is 5.88. The SMILES string of the molecule is C=Cc1ccc(CN(Cc2ccc(C=C)cc2)C(N)CCC)cc1. The predicted molar refractivity (Wildman–Crippen MR) is 105 cm³/mol. The summed E-state index contributed by atoms with van der Waals surface area (Å²) in [4.78, 5) is 2.34. The molecule has 2 aromatic carbocycles. The lowest BCUT2D eigenvalue weighted by atomic mass is 10.1. The van der Waals surface area contributed by atoms with Crippen LogP contribution in [0, 0.1) is 0 Å². The van der Waals surface area contributed by atoms with Gasteiger partial charge in [-0.15, -0.1) is 0 Å². The van der Waals surface area contributed by atoms with E-state index in [1.54, 1.807) is 0 Å². The van der Waals surface area contributed by atoms with Crippen molar-refractivity contribution in [2.75, 3.05) is 0 Å². The minimum absolute atomic E-state index is 0.0631. The number of rotatable bonds is 9. The Morgan fingerprint density at radius 3 is 1.62 bits per heavy atom. The Bertz CT molecular complexity index is 587. The summed E-state index contributed by atoms with van der Waals surface area (Å²) in [6, 6.07) is 17.0. The fourth-order valence-electron chi connectivity index (χ4n) is 2.76. The van der Waals surface area contributed by atoms with E-state index in [2.05, 4.69) is 73.5 Å². The van der Waals surface area contributed by atoms with Gasteiger partial charge in [0.15, 0.2) is 0 Å². The first-order valence-corrected chi connectivity index (χ1v) is 8.58. The van der Waals surface area contributed by atoms with E-state index in [4.69, 9.17) is 5.73 Å². The van der Waals surface area contributed by atoms with E-state index in [1.807, 2.05) is 12.2 Å². The van der Waals surface area contributed by atoms with Crippen molar-refractivity contribution in [2.24, 2.45) is 5.73 Å². The van der Waals surface area contributed by atoms with Crippen LogP contribution in [0.25, 0.3) is 12.2 Å². The Morgan fingerprint density at radius 2 is 1.29 bits per heavy atom. The van der Waals surface area contributed by atoms with Crippen LogP contribution in [0.5, 0.6) is 0 Å². The zero-order valence-corrected chi connectivity index (χ0v) is 14.6. The van der Waals surface area contributed by atoms with E-state index in [9.17, 15) is 0 Å². The fourth-order valence-corrected chi connectivity index (χ4v) is 2.76. The average molecular weight is 320 g/mol. The van der Waals surface area contributed by atoms with Crippen molar-refractivity contribution in [1.82, 2.24) is 4.90 Å². The van der Waals surface area contributed by atoms with Gasteiger partial charge >= 0.3 is 0 Å². The third kappa shape index (κ3) is 5.19. The molecule has 0 saturated carbocycles. The molecule has 2 rings (SSSR count). The molecule has 0 bridgehead atoms. The van der Waals surface area contributed by atoms with Gasteiger partial charge in [-0.05, 0) is 28.7 Å². The van der Waals surface area contributed by atoms with Gasteiger partial charge in [0.1, 0.15) is 0 Å². The van der Waals surface area contributed by atoms with E-state index < -0.39 is 0 Å². The van der Waals surface area contributed by atoms with E-state index >= 15 is 0 Å². The maximum absolute atomic E-state index is 6.43. The van der Waals surface area contributed by atoms with Gasteiger partial charge in [-0.1, -0.05) is 87.2 Å². The summed E-state index contributed by atoms with van der Waals surface area (Å²) in [5, 5.41) is 0. The van der Waals surface area contributed by atoms with Crippen molar-refractivity contribution in [3.05, 3.63) is 83.9 Å². The van der Waals surface area contributed by atoms with Gasteiger partial charge < -0.3 is 5.73 Å². The van der Waals surface area contributed by atoms with Gasteiger partial charge in [0.2, 0.25) is 0 Å². The minimum Gasteiger partial charge on any atom is -0.316 e. The zero-order chi connectivity index (χ0) is 17.4. The molecule has 24 heavy (non-hydrogen) atoms.